The molecule has 0 aliphatic heterocycles. The number of nitrogens with one attached hydrogen (secondary N) is 1. The van der Waals surface area contributed by atoms with Gasteiger partial charge in [0.05, 0.1) is 12.0 Å². The molecule has 8 heteroatoms. The van der Waals surface area contributed by atoms with Crippen LogP contribution in [0.5, 0.6) is 5.88 Å². The largest absolute Gasteiger partial charge is 0.478 e. The molecule has 0 spiro atoms. The van der Waals surface area contributed by atoms with Gasteiger partial charge in [-0.25, -0.2) is 22.8 Å². The second-order valence-electron chi connectivity index (χ2n) is 3.48. The number of hydrogen-bond donors (Lipinski definition) is 1. The first-order valence-electron chi connectivity index (χ1n) is 5.16. The molecule has 0 atom stereocenters. The molecule has 100 valence electrons. The highest BCUT2D eigenvalue weighted by Gasteiger charge is 2.18. The minimum Gasteiger partial charge on any atom is -0.478 e. The van der Waals surface area contributed by atoms with Gasteiger partial charge in [-0.15, -0.1) is 0 Å². The number of methoxy groups -OCH3 is 1. The van der Waals surface area contributed by atoms with E-state index in [9.17, 15) is 12.8 Å². The van der Waals surface area contributed by atoms with Gasteiger partial charge < -0.3 is 4.74 Å². The van der Waals surface area contributed by atoms with Crippen LogP contribution in [0.25, 0.3) is 0 Å². The van der Waals surface area contributed by atoms with Gasteiger partial charge in [-0.2, -0.15) is 0 Å². The van der Waals surface area contributed by atoms with Crippen molar-refractivity contribution in [1.29, 1.82) is 0 Å². The third-order valence-corrected chi connectivity index (χ3v) is 3.53. The number of aromatic nitrogens is 2. The van der Waals surface area contributed by atoms with E-state index >= 15 is 0 Å². The van der Waals surface area contributed by atoms with Crippen LogP contribution in [0.2, 0.25) is 0 Å². The van der Waals surface area contributed by atoms with Crippen molar-refractivity contribution in [2.24, 2.45) is 0 Å². The number of nitrogens with zero attached hydrogens (tertiary/aromatic N) is 2. The standard InChI is InChI=1S/C11H10FN3O3S/c1-18-11-10(13-5-6-14-11)15-19(16,17)9-4-2-3-8(12)7-9/h2-7H,1H3,(H,13,15). The van der Waals surface area contributed by atoms with Crippen LogP contribution in [-0.4, -0.2) is 25.5 Å². The highest BCUT2D eigenvalue weighted by atomic mass is 32.2. The van der Waals surface area contributed by atoms with Gasteiger partial charge in [0.2, 0.25) is 5.82 Å². The van der Waals surface area contributed by atoms with Gasteiger partial charge in [-0.05, 0) is 18.2 Å². The minimum absolute atomic E-state index is 0.0301. The summed E-state index contributed by atoms with van der Waals surface area (Å²) in [7, 11) is -2.60. The van der Waals surface area contributed by atoms with Crippen LogP contribution >= 0.6 is 0 Å². The lowest BCUT2D eigenvalue weighted by Crippen LogP contribution is -2.15. The van der Waals surface area contributed by atoms with Crippen molar-refractivity contribution in [3.05, 3.63) is 42.5 Å². The van der Waals surface area contributed by atoms with Gasteiger partial charge in [0, 0.05) is 12.4 Å². The molecule has 0 fully saturated rings. The Bertz CT molecular complexity index is 691. The summed E-state index contributed by atoms with van der Waals surface area (Å²) in [4.78, 5) is 7.41. The minimum atomic E-state index is -3.94. The van der Waals surface area contributed by atoms with Crippen LogP contribution in [0, 0.1) is 5.82 Å². The first-order valence-corrected chi connectivity index (χ1v) is 6.64. The third kappa shape index (κ3) is 2.97. The number of sulfonamides is 1. The predicted molar refractivity (Wildman–Crippen MR) is 65.8 cm³/mol. The SMILES string of the molecule is COc1nccnc1NS(=O)(=O)c1cccc(F)c1. The van der Waals surface area contributed by atoms with Gasteiger partial charge in [-0.1, -0.05) is 6.07 Å². The summed E-state index contributed by atoms with van der Waals surface area (Å²) in [6, 6.07) is 4.64. The number of anilines is 1. The molecule has 0 saturated heterocycles. The van der Waals surface area contributed by atoms with Gasteiger partial charge in [0.15, 0.2) is 0 Å². The van der Waals surface area contributed by atoms with E-state index < -0.39 is 15.8 Å². The van der Waals surface area contributed by atoms with Crippen molar-refractivity contribution in [2.75, 3.05) is 11.8 Å². The average molecular weight is 283 g/mol. The molecule has 0 bridgehead atoms. The third-order valence-electron chi connectivity index (χ3n) is 2.20. The summed E-state index contributed by atoms with van der Waals surface area (Å²) in [5.74, 6) is -0.675. The molecule has 1 N–H and O–H groups in total. The van der Waals surface area contributed by atoms with Crippen molar-refractivity contribution >= 4 is 15.8 Å². The van der Waals surface area contributed by atoms with Crippen molar-refractivity contribution < 1.29 is 17.5 Å². The highest BCUT2D eigenvalue weighted by Crippen LogP contribution is 2.21. The lowest BCUT2D eigenvalue weighted by Gasteiger charge is -2.09. The molecule has 6 nitrogen and oxygen atoms in total. The molecule has 0 amide bonds. The molecule has 0 unspecified atom stereocenters. The molecule has 0 radical (unpaired) electrons. The number of rotatable bonds is 4. The van der Waals surface area contributed by atoms with Crippen molar-refractivity contribution in [1.82, 2.24) is 9.97 Å². The first-order chi connectivity index (χ1) is 9.03. The van der Waals surface area contributed by atoms with Gasteiger partial charge in [0.1, 0.15) is 5.82 Å². The lowest BCUT2D eigenvalue weighted by atomic mass is 10.4. The molecule has 1 heterocycles. The molecule has 1 aromatic heterocycles. The maximum atomic E-state index is 13.0. The number of hydrogen-bond acceptors (Lipinski definition) is 5. The summed E-state index contributed by atoms with van der Waals surface area (Å²) >= 11 is 0. The van der Waals surface area contributed by atoms with E-state index in [1.165, 1.54) is 31.6 Å². The van der Waals surface area contributed by atoms with Crippen LogP contribution in [0.4, 0.5) is 10.2 Å². The summed E-state index contributed by atoms with van der Waals surface area (Å²) in [6.45, 7) is 0. The molecule has 0 aliphatic carbocycles. The Labute approximate surface area is 109 Å². The molecule has 2 aromatic rings. The van der Waals surface area contributed by atoms with E-state index in [1.54, 1.807) is 0 Å². The molecule has 2 rings (SSSR count). The molecular formula is C11H10FN3O3S. The fraction of sp³-hybridized carbons (Fsp3) is 0.0909. The lowest BCUT2D eigenvalue weighted by molar-refractivity contribution is 0.398. The topological polar surface area (TPSA) is 81.2 Å². The predicted octanol–water partition coefficient (Wildman–Crippen LogP) is 1.43. The van der Waals surface area contributed by atoms with E-state index in [4.69, 9.17) is 4.74 Å². The van der Waals surface area contributed by atoms with Crippen molar-refractivity contribution in [3.63, 3.8) is 0 Å². The Morgan fingerprint density at radius 2 is 2.00 bits per heavy atom. The summed E-state index contributed by atoms with van der Waals surface area (Å²) in [5.41, 5.74) is 0. The highest BCUT2D eigenvalue weighted by molar-refractivity contribution is 7.92. The zero-order valence-corrected chi connectivity index (χ0v) is 10.7. The van der Waals surface area contributed by atoms with Gasteiger partial charge in [-0.3, -0.25) is 4.72 Å². The molecule has 0 saturated carbocycles. The van der Waals surface area contributed by atoms with Crippen LogP contribution in [0.3, 0.4) is 0 Å². The normalized spacial score (nSPS) is 11.1. The Hall–Kier alpha value is -2.22. The number of halogens is 1. The second-order valence-corrected chi connectivity index (χ2v) is 5.16. The van der Waals surface area contributed by atoms with Crippen LogP contribution < -0.4 is 9.46 Å². The van der Waals surface area contributed by atoms with Gasteiger partial charge in [0.25, 0.3) is 15.9 Å². The summed E-state index contributed by atoms with van der Waals surface area (Å²) in [6.07, 6.45) is 2.67. The Morgan fingerprint density at radius 1 is 1.26 bits per heavy atom. The smallest absolute Gasteiger partial charge is 0.263 e. The van der Waals surface area contributed by atoms with Crippen molar-refractivity contribution in [3.8, 4) is 5.88 Å². The maximum absolute atomic E-state index is 13.0. The average Bonchev–Trinajstić information content (AvgIpc) is 2.39. The Kier molecular flexibility index (Phi) is 3.61. The van der Waals surface area contributed by atoms with Crippen LogP contribution in [0.1, 0.15) is 0 Å². The quantitative estimate of drug-likeness (QED) is 0.918. The van der Waals surface area contributed by atoms with E-state index in [0.717, 1.165) is 12.1 Å². The fourth-order valence-corrected chi connectivity index (χ4v) is 2.40. The number of ether oxygens (including phenoxy) is 1. The first kappa shape index (κ1) is 13.2. The zero-order valence-electron chi connectivity index (χ0n) is 9.87. The van der Waals surface area contributed by atoms with Gasteiger partial charge >= 0.3 is 0 Å². The second kappa shape index (κ2) is 5.19. The summed E-state index contributed by atoms with van der Waals surface area (Å²) < 4.78 is 44.1. The summed E-state index contributed by atoms with van der Waals surface area (Å²) in [5, 5.41) is 0. The molecule has 19 heavy (non-hydrogen) atoms. The van der Waals surface area contributed by atoms with E-state index in [2.05, 4.69) is 14.7 Å². The Balaban J connectivity index is 2.37. The van der Waals surface area contributed by atoms with Crippen molar-refractivity contribution in [2.45, 2.75) is 4.90 Å². The zero-order chi connectivity index (χ0) is 13.9. The Morgan fingerprint density at radius 3 is 2.68 bits per heavy atom. The van der Waals surface area contributed by atoms with Crippen LogP contribution in [-0.2, 0) is 10.0 Å². The maximum Gasteiger partial charge on any atom is 0.263 e. The van der Waals surface area contributed by atoms with E-state index in [1.807, 2.05) is 0 Å². The number of benzene rings is 1. The fourth-order valence-electron chi connectivity index (χ4n) is 1.37. The molecule has 0 aliphatic rings. The molecular weight excluding hydrogens is 273 g/mol. The van der Waals surface area contributed by atoms with Crippen LogP contribution in [0.15, 0.2) is 41.6 Å². The van der Waals surface area contributed by atoms with E-state index in [0.29, 0.717) is 0 Å². The molecule has 1 aromatic carbocycles. The monoisotopic (exact) mass is 283 g/mol. The van der Waals surface area contributed by atoms with E-state index in [-0.39, 0.29) is 16.6 Å².